The number of piperidine rings is 1. The van der Waals surface area contributed by atoms with Gasteiger partial charge in [0.05, 0.1) is 23.4 Å². The predicted octanol–water partition coefficient (Wildman–Crippen LogP) is 2.74. The topological polar surface area (TPSA) is 197 Å². The molecule has 0 radical (unpaired) electrons. The zero-order chi connectivity index (χ0) is 40.7. The molecule has 2 fully saturated rings. The summed E-state index contributed by atoms with van der Waals surface area (Å²) in [5.41, 5.74) is 1.56. The number of aliphatic hydroxyl groups is 1. The summed E-state index contributed by atoms with van der Waals surface area (Å²) in [5.74, 6) is -1.01. The molecule has 0 saturated carbocycles. The van der Waals surface area contributed by atoms with E-state index in [1.54, 1.807) is 61.0 Å². The number of carbonyl (C=O) groups excluding carboxylic acids is 4. The number of hydrogen-bond donors (Lipinski definition) is 3. The lowest BCUT2D eigenvalue weighted by atomic mass is 10.0. The fourth-order valence-corrected chi connectivity index (χ4v) is 7.44. The third-order valence-electron chi connectivity index (χ3n) is 10.5. The zero-order valence-corrected chi connectivity index (χ0v) is 32.1. The van der Waals surface area contributed by atoms with Crippen molar-refractivity contribution in [3.8, 4) is 11.6 Å². The number of benzene rings is 2. The van der Waals surface area contributed by atoms with E-state index in [-0.39, 0.29) is 36.1 Å². The summed E-state index contributed by atoms with van der Waals surface area (Å²) in [6.45, 7) is 11.6. The first-order chi connectivity index (χ1) is 27.9. The molecule has 2 saturated heterocycles. The van der Waals surface area contributed by atoms with E-state index in [0.717, 1.165) is 42.5 Å². The number of anilines is 3. The van der Waals surface area contributed by atoms with Crippen LogP contribution in [-0.4, -0.2) is 108 Å². The number of allylic oxidation sites excluding steroid dienone is 1. The van der Waals surface area contributed by atoms with Crippen LogP contribution in [-0.2, 0) is 21.7 Å². The van der Waals surface area contributed by atoms with Crippen LogP contribution in [0.1, 0.15) is 53.1 Å². The van der Waals surface area contributed by atoms with E-state index in [9.17, 15) is 29.1 Å². The normalized spacial score (nSPS) is 17.5. The molecule has 0 bridgehead atoms. The molecule has 3 aromatic heterocycles. The molecule has 0 aliphatic carbocycles. The molecule has 3 N–H and O–H groups in total. The molecule has 1 unspecified atom stereocenters. The summed E-state index contributed by atoms with van der Waals surface area (Å²) in [5, 5.41) is 16.4. The van der Waals surface area contributed by atoms with Crippen LogP contribution in [0.5, 0.6) is 5.75 Å². The van der Waals surface area contributed by atoms with Gasteiger partial charge >= 0.3 is 0 Å². The second kappa shape index (κ2) is 15.3. The second-order valence-corrected chi connectivity index (χ2v) is 14.9. The summed E-state index contributed by atoms with van der Waals surface area (Å²) in [6.07, 6.45) is 3.28. The van der Waals surface area contributed by atoms with E-state index in [1.807, 2.05) is 24.3 Å². The standard InChI is InChI=1S/C41H42N10O7/c1-4-16-49-37(54)30-24-42-40(46-35(30)51(49)33-7-5-6-32(44-33)41(2,3)57)43-25-8-10-26(11-9-25)48-19-17-47(18-20-48)21-22-58-27-12-13-28-29(23-27)39(56)50(38(28)55)31-14-15-34(52)45-36(31)53/h4-13,23-24,31,57H,1,14-22H2,2-3H3,(H,42,43,46)(H,45,52,53). The van der Waals surface area contributed by atoms with Gasteiger partial charge in [0.1, 0.15) is 29.4 Å². The summed E-state index contributed by atoms with van der Waals surface area (Å²) in [6, 6.07) is 16.9. The molecule has 2 aromatic carbocycles. The monoisotopic (exact) mass is 786 g/mol. The SMILES string of the molecule is C=CCn1c(=O)c2cnc(Nc3ccc(N4CCN(CCOc5ccc6c(c5)C(=O)N(C5CCC(=O)NC5=O)C6=O)CC4)cc3)nc2n1-c1cccc(C(C)(C)O)n1. The quantitative estimate of drug-likeness (QED) is 0.124. The summed E-state index contributed by atoms with van der Waals surface area (Å²) in [7, 11) is 0. The van der Waals surface area contributed by atoms with Crippen molar-refractivity contribution in [2.24, 2.45) is 0 Å². The van der Waals surface area contributed by atoms with Crippen LogP contribution in [0.2, 0.25) is 0 Å². The first-order valence-electron chi connectivity index (χ1n) is 19.0. The van der Waals surface area contributed by atoms with Crippen molar-refractivity contribution in [2.45, 2.75) is 44.9 Å². The van der Waals surface area contributed by atoms with Gasteiger partial charge in [-0.15, -0.1) is 6.58 Å². The number of piperazine rings is 1. The van der Waals surface area contributed by atoms with Crippen LogP contribution in [0.3, 0.4) is 0 Å². The third kappa shape index (κ3) is 7.32. The molecule has 5 aromatic rings. The van der Waals surface area contributed by atoms with Gasteiger partial charge in [-0.3, -0.25) is 39.1 Å². The fraction of sp³-hybridized carbons (Fsp3) is 0.317. The first-order valence-corrected chi connectivity index (χ1v) is 19.0. The number of pyridine rings is 1. The van der Waals surface area contributed by atoms with Gasteiger partial charge in [0.2, 0.25) is 17.8 Å². The Morgan fingerprint density at radius 1 is 0.966 bits per heavy atom. The number of carbonyl (C=O) groups is 4. The maximum absolute atomic E-state index is 13.4. The number of rotatable bonds is 12. The molecule has 3 aliphatic heterocycles. The summed E-state index contributed by atoms with van der Waals surface area (Å²) in [4.78, 5) is 82.8. The lowest BCUT2D eigenvalue weighted by Gasteiger charge is -2.36. The highest BCUT2D eigenvalue weighted by Gasteiger charge is 2.44. The maximum atomic E-state index is 13.4. The Kier molecular flexibility index (Phi) is 10.1. The molecule has 58 heavy (non-hydrogen) atoms. The van der Waals surface area contributed by atoms with Crippen molar-refractivity contribution in [3.05, 3.63) is 107 Å². The Labute approximate surface area is 332 Å². The molecule has 0 spiro atoms. The average molecular weight is 787 g/mol. The first kappa shape index (κ1) is 38.2. The Hall–Kier alpha value is -6.72. The molecular formula is C41H42N10O7. The Morgan fingerprint density at radius 2 is 1.72 bits per heavy atom. The highest BCUT2D eigenvalue weighted by Crippen LogP contribution is 2.31. The molecule has 3 aliphatic rings. The van der Waals surface area contributed by atoms with Crippen molar-refractivity contribution in [1.82, 2.24) is 39.4 Å². The molecule has 8 rings (SSSR count). The van der Waals surface area contributed by atoms with E-state index in [1.165, 1.54) is 10.9 Å². The number of nitrogens with one attached hydrogen (secondary N) is 2. The van der Waals surface area contributed by atoms with Crippen LogP contribution < -0.4 is 25.8 Å². The highest BCUT2D eigenvalue weighted by atomic mass is 16.5. The van der Waals surface area contributed by atoms with Crippen LogP contribution in [0.4, 0.5) is 17.3 Å². The highest BCUT2D eigenvalue weighted by molar-refractivity contribution is 6.23. The minimum Gasteiger partial charge on any atom is -0.492 e. The molecule has 298 valence electrons. The summed E-state index contributed by atoms with van der Waals surface area (Å²) < 4.78 is 9.08. The largest absolute Gasteiger partial charge is 0.492 e. The van der Waals surface area contributed by atoms with Crippen molar-refractivity contribution in [1.29, 1.82) is 0 Å². The van der Waals surface area contributed by atoms with Gasteiger partial charge in [-0.2, -0.15) is 4.98 Å². The van der Waals surface area contributed by atoms with Crippen molar-refractivity contribution in [2.75, 3.05) is 49.5 Å². The Bertz CT molecular complexity index is 2520. The summed E-state index contributed by atoms with van der Waals surface area (Å²) >= 11 is 0. The van der Waals surface area contributed by atoms with E-state index >= 15 is 0 Å². The lowest BCUT2D eigenvalue weighted by Crippen LogP contribution is -2.54. The third-order valence-corrected chi connectivity index (χ3v) is 10.5. The number of imide groups is 2. The van der Waals surface area contributed by atoms with Gasteiger partial charge in [0.15, 0.2) is 11.5 Å². The average Bonchev–Trinajstić information content (AvgIpc) is 3.62. The molecular weight excluding hydrogens is 745 g/mol. The van der Waals surface area contributed by atoms with Gasteiger partial charge in [-0.1, -0.05) is 12.1 Å². The van der Waals surface area contributed by atoms with Crippen molar-refractivity contribution in [3.63, 3.8) is 0 Å². The number of nitrogens with zero attached hydrogens (tertiary/aromatic N) is 8. The second-order valence-electron chi connectivity index (χ2n) is 14.9. The predicted molar refractivity (Wildman–Crippen MR) is 213 cm³/mol. The molecule has 6 heterocycles. The molecule has 17 heteroatoms. The van der Waals surface area contributed by atoms with Crippen LogP contribution in [0, 0.1) is 0 Å². The minimum absolute atomic E-state index is 0.0617. The molecule has 17 nitrogen and oxygen atoms in total. The maximum Gasteiger partial charge on any atom is 0.278 e. The van der Waals surface area contributed by atoms with Gasteiger partial charge < -0.3 is 20.1 Å². The smallest absolute Gasteiger partial charge is 0.278 e. The number of amides is 4. The fourth-order valence-electron chi connectivity index (χ4n) is 7.44. The van der Waals surface area contributed by atoms with Crippen molar-refractivity contribution >= 4 is 52.0 Å². The number of hydrogen-bond acceptors (Lipinski definition) is 13. The van der Waals surface area contributed by atoms with Crippen LogP contribution in [0.25, 0.3) is 16.9 Å². The van der Waals surface area contributed by atoms with E-state index in [2.05, 4.69) is 37.0 Å². The van der Waals surface area contributed by atoms with E-state index in [4.69, 9.17) is 9.72 Å². The zero-order valence-electron chi connectivity index (χ0n) is 32.1. The van der Waals surface area contributed by atoms with E-state index < -0.39 is 35.3 Å². The lowest BCUT2D eigenvalue weighted by molar-refractivity contribution is -0.136. The van der Waals surface area contributed by atoms with Gasteiger partial charge in [0.25, 0.3) is 17.4 Å². The minimum atomic E-state index is -1.19. The Balaban J connectivity index is 0.863. The van der Waals surface area contributed by atoms with Crippen LogP contribution in [0.15, 0.2) is 84.3 Å². The van der Waals surface area contributed by atoms with Gasteiger partial charge in [-0.05, 0) is 74.9 Å². The van der Waals surface area contributed by atoms with E-state index in [0.29, 0.717) is 47.4 Å². The van der Waals surface area contributed by atoms with Gasteiger partial charge in [-0.25, -0.2) is 19.3 Å². The number of ether oxygens (including phenoxy) is 1. The van der Waals surface area contributed by atoms with Crippen LogP contribution >= 0.6 is 0 Å². The molecule has 4 amide bonds. The number of aromatic nitrogens is 5. The molecule has 1 atom stereocenters. The number of fused-ring (bicyclic) bond motifs is 2. The Morgan fingerprint density at radius 3 is 2.45 bits per heavy atom. The van der Waals surface area contributed by atoms with Crippen molar-refractivity contribution < 1.29 is 29.0 Å². The van der Waals surface area contributed by atoms with Gasteiger partial charge in [0, 0.05) is 56.7 Å².